The van der Waals surface area contributed by atoms with Gasteiger partial charge in [-0.05, 0) is 82.5 Å². The van der Waals surface area contributed by atoms with Crippen molar-refractivity contribution in [3.05, 3.63) is 215 Å². The third-order valence-electron chi connectivity index (χ3n) is 23.6. The Kier molecular flexibility index (Phi) is 38.6. The summed E-state index contributed by atoms with van der Waals surface area (Å²) >= 11 is 0.876. The molecular weight excluding hydrogens is 1700 g/mol. The van der Waals surface area contributed by atoms with Crippen molar-refractivity contribution in [3.8, 4) is 11.5 Å². The van der Waals surface area contributed by atoms with E-state index in [0.717, 1.165) is 21.6 Å². The lowest BCUT2D eigenvalue weighted by molar-refractivity contribution is -0.151. The number of aromatic hydroxyl groups is 2. The summed E-state index contributed by atoms with van der Waals surface area (Å²) in [4.78, 5) is 250. The SMILES string of the molecule is CCCC[C@H]1C(=O)N(C)CC(=O)C[C@@H](COC=O)C(=O)C[C@@H](C(C)C)C(=O)N(C)[C@@H](Cc2ccccc2)C(=O)N[C@@H](Cc2ccc(O)cc2)C(=O)N(C)CC(=O)N[C@@H](Cc2c[nH]c3ccccc23)C(=O)C[C@@H](Cc2ccc(O)cc2)C(=O)N[C@@H](CC2=CCC=N2)C(=O)N[C@H](C(=O)CCC(N)=O)CSCC(=O)N[C@@H](Cc2ccccc2)C(=O)N(C)[C@@H](Cc2ccccc2)C(=O)N1C. The maximum Gasteiger partial charge on any atom is 0.293 e. The summed E-state index contributed by atoms with van der Waals surface area (Å²) in [7, 11) is 6.83. The van der Waals surface area contributed by atoms with E-state index < -0.39 is 218 Å². The summed E-state index contributed by atoms with van der Waals surface area (Å²) in [6, 6.07) is 33.5. The molecular formula is C98H119N13O19S. The number of nitrogens with zero attached hydrogens (tertiary/aromatic N) is 6. The lowest BCUT2D eigenvalue weighted by Gasteiger charge is -2.37. The number of para-hydroxylation sites is 1. The van der Waals surface area contributed by atoms with E-state index in [9.17, 15) is 43.8 Å². The van der Waals surface area contributed by atoms with Gasteiger partial charge in [-0.25, -0.2) is 0 Å². The summed E-state index contributed by atoms with van der Waals surface area (Å²) in [6.45, 7) is 3.37. The summed E-state index contributed by atoms with van der Waals surface area (Å²) < 4.78 is 5.16. The predicted octanol–water partition coefficient (Wildman–Crippen LogP) is 6.23. The van der Waals surface area contributed by atoms with Crippen LogP contribution in [0.2, 0.25) is 0 Å². The van der Waals surface area contributed by atoms with Gasteiger partial charge in [-0.3, -0.25) is 81.7 Å². The fourth-order valence-corrected chi connectivity index (χ4v) is 17.0. The highest BCUT2D eigenvalue weighted by atomic mass is 32.2. The number of benzene rings is 6. The van der Waals surface area contributed by atoms with Crippen molar-refractivity contribution in [1.29, 1.82) is 0 Å². The first-order valence-electron chi connectivity index (χ1n) is 43.9. The minimum Gasteiger partial charge on any atom is -0.508 e. The number of fused-ring (bicyclic) bond motifs is 1. The van der Waals surface area contributed by atoms with E-state index >= 15 is 43.2 Å². The van der Waals surface area contributed by atoms with Crippen molar-refractivity contribution >= 4 is 123 Å². The summed E-state index contributed by atoms with van der Waals surface area (Å²) in [5.41, 5.74) is 9.84. The van der Waals surface area contributed by atoms with Crippen LogP contribution in [-0.4, -0.2) is 255 Å². The van der Waals surface area contributed by atoms with Gasteiger partial charge in [-0.15, -0.1) is 11.8 Å². The Labute approximate surface area is 766 Å². The number of ether oxygens (including phenoxy) is 1. The largest absolute Gasteiger partial charge is 0.508 e. The number of hydrogen-bond donors (Lipinski definition) is 9. The molecule has 1 fully saturated rings. The smallest absolute Gasteiger partial charge is 0.293 e. The lowest BCUT2D eigenvalue weighted by atomic mass is 9.84. The summed E-state index contributed by atoms with van der Waals surface area (Å²) in [5.74, 6) is -17.0. The first-order valence-corrected chi connectivity index (χ1v) is 45.1. The molecule has 3 heterocycles. The number of ketones is 4. The zero-order valence-corrected chi connectivity index (χ0v) is 76.0. The van der Waals surface area contributed by atoms with Gasteiger partial charge in [0.25, 0.3) is 6.47 Å². The van der Waals surface area contributed by atoms with Gasteiger partial charge >= 0.3 is 0 Å². The fourth-order valence-electron chi connectivity index (χ4n) is 16.1. The Bertz CT molecular complexity index is 5230. The Hall–Kier alpha value is -13.5. The first kappa shape index (κ1) is 101. The number of rotatable bonds is 25. The number of nitrogens with one attached hydrogen (secondary N) is 6. The van der Waals surface area contributed by atoms with E-state index in [1.807, 2.05) is 6.92 Å². The number of aromatic amines is 1. The topological polar surface area (TPSA) is 453 Å². The molecule has 1 saturated heterocycles. The number of carbonyl (C=O) groups excluding carboxylic acids is 16. The van der Waals surface area contributed by atoms with E-state index in [1.165, 1.54) is 98.5 Å². The van der Waals surface area contributed by atoms with Crippen LogP contribution in [0.3, 0.4) is 0 Å². The number of aromatic nitrogens is 1. The molecule has 0 unspecified atom stereocenters. The molecule has 0 bridgehead atoms. The molecule has 32 nitrogen and oxygen atoms in total. The lowest BCUT2D eigenvalue weighted by Crippen LogP contribution is -2.58. The van der Waals surface area contributed by atoms with E-state index in [2.05, 4.69) is 36.6 Å². The van der Waals surface area contributed by atoms with Gasteiger partial charge in [0.1, 0.15) is 60.1 Å². The van der Waals surface area contributed by atoms with Crippen LogP contribution in [0.15, 0.2) is 187 Å². The van der Waals surface area contributed by atoms with Gasteiger partial charge < -0.3 is 76.8 Å². The molecule has 696 valence electrons. The Morgan fingerprint density at radius 2 is 1.06 bits per heavy atom. The number of primary amides is 1. The summed E-state index contributed by atoms with van der Waals surface area (Å²) in [5, 5.41) is 35.6. The van der Waals surface area contributed by atoms with Crippen LogP contribution in [0.5, 0.6) is 11.5 Å². The molecule has 131 heavy (non-hydrogen) atoms. The normalized spacial score (nSPS) is 22.3. The molecule has 7 aromatic rings. The van der Waals surface area contributed by atoms with E-state index in [0.29, 0.717) is 69.2 Å². The third-order valence-corrected chi connectivity index (χ3v) is 24.7. The zero-order valence-electron chi connectivity index (χ0n) is 75.2. The van der Waals surface area contributed by atoms with Crippen molar-refractivity contribution < 1.29 is 91.7 Å². The minimum atomic E-state index is -1.55. The van der Waals surface area contributed by atoms with E-state index in [4.69, 9.17) is 10.5 Å². The number of phenols is 2. The van der Waals surface area contributed by atoms with Gasteiger partial charge in [0.15, 0.2) is 17.3 Å². The van der Waals surface area contributed by atoms with Crippen molar-refractivity contribution in [2.45, 2.75) is 172 Å². The van der Waals surface area contributed by atoms with Gasteiger partial charge in [-0.1, -0.05) is 173 Å². The molecule has 10 N–H and O–H groups in total. The molecule has 6 aromatic carbocycles. The Balaban J connectivity index is 1.12. The average Bonchev–Trinajstić information content (AvgIpc) is 1.78. The van der Waals surface area contributed by atoms with Gasteiger partial charge in [-0.2, -0.15) is 0 Å². The van der Waals surface area contributed by atoms with E-state index in [-0.39, 0.29) is 75.1 Å². The van der Waals surface area contributed by atoms with Crippen LogP contribution in [0.25, 0.3) is 10.9 Å². The second kappa shape index (κ2) is 49.9. The third kappa shape index (κ3) is 30.3. The molecule has 9 rings (SSSR count). The fraction of sp³-hybridized carbons (Fsp3) is 0.418. The number of Topliss-reactive ketones (excluding diaryl/α,β-unsaturated/α-hetero) is 4. The number of thioether (sulfide) groups is 1. The van der Waals surface area contributed by atoms with Gasteiger partial charge in [0, 0.05) is 159 Å². The second-order valence-electron chi connectivity index (χ2n) is 33.9. The standard InChI is InChI=1S/C98H119N13O19S/c1-9-10-32-82-97(128)107(4)55-73(115)49-69(57-130-60-112)86(117)53-75(61(2)3)94(125)110(7)83(47-63-25-16-12-17-26-63)93(124)105-79(46-66-35-39-72(114)40-36-66)95(126)108(5)56-89(120)102-77(50-68-54-101-76-31-21-20-30-74(68)76)87(118)51-67(44-65-33-37-71(113)38-34-65)91(122)104-78(52-70-29-22-43-100-70)92(123)106-81(85(116)41-42-88(99)119)58-131-59-90(121)103-80(45-62-23-14-11-15-24-62)96(127)111(8)84(98(129)109(82)6)48-64-27-18-13-19-28-64/h11-21,23-31,33-40,43,54,60-61,67,69,75,77-84,101,113-114H,9-10,22,32,41-42,44-53,55-59H2,1-8H3,(H2,99,119)(H,102,120)(H,103,121)(H,104,122)(H,105,124)(H,106,123)/t67-,69+,75+,77+,78+,79+,80+,81+,82+,83+,84+/m1/s1. The molecule has 0 aliphatic carbocycles. The number of carbonyl (C=O) groups is 16. The average molecular weight is 1820 g/mol. The predicted molar refractivity (Wildman–Crippen MR) is 493 cm³/mol. The van der Waals surface area contributed by atoms with Crippen LogP contribution >= 0.6 is 11.8 Å². The molecule has 2 aliphatic rings. The number of hydrogen-bond acceptors (Lipinski definition) is 21. The number of nitrogens with two attached hydrogens (primary N) is 1. The van der Waals surface area contributed by atoms with Crippen LogP contribution in [-0.2, 0) is 120 Å². The molecule has 1 aromatic heterocycles. The Morgan fingerprint density at radius 1 is 0.519 bits per heavy atom. The number of H-pyrrole nitrogens is 1. The van der Waals surface area contributed by atoms with Crippen LogP contribution in [0.4, 0.5) is 0 Å². The maximum atomic E-state index is 15.6. The highest BCUT2D eigenvalue weighted by molar-refractivity contribution is 8.00. The molecule has 33 heteroatoms. The van der Waals surface area contributed by atoms with E-state index in [1.54, 1.807) is 148 Å². The van der Waals surface area contributed by atoms with Gasteiger partial charge in [0.2, 0.25) is 65.0 Å². The number of phenolic OH excluding ortho intramolecular Hbond substituents is 2. The number of unbranched alkanes of at least 4 members (excludes halogenated alkanes) is 1. The van der Waals surface area contributed by atoms with Crippen molar-refractivity contribution in [1.82, 2.24) is 56.1 Å². The quantitative estimate of drug-likeness (QED) is 0.0286. The maximum absolute atomic E-state index is 15.6. The second-order valence-corrected chi connectivity index (χ2v) is 34.9. The number of amides is 11. The number of allylic oxidation sites excluding steroid dienone is 1. The molecule has 2 aliphatic heterocycles. The first-order chi connectivity index (χ1) is 62.7. The Morgan fingerprint density at radius 3 is 1.65 bits per heavy atom. The van der Waals surface area contributed by atoms with Crippen molar-refractivity contribution in [3.63, 3.8) is 0 Å². The van der Waals surface area contributed by atoms with Crippen LogP contribution in [0.1, 0.15) is 118 Å². The minimum absolute atomic E-state index is 0.0839. The van der Waals surface area contributed by atoms with Crippen molar-refractivity contribution in [2.75, 3.05) is 66.4 Å². The molecule has 0 saturated carbocycles. The van der Waals surface area contributed by atoms with Crippen LogP contribution < -0.4 is 32.3 Å². The summed E-state index contributed by atoms with van der Waals surface area (Å²) in [6.07, 6.45) is 2.45. The van der Waals surface area contributed by atoms with Gasteiger partial charge in [0.05, 0.1) is 36.8 Å². The molecule has 0 radical (unpaired) electrons. The number of likely N-dealkylation sites (N-methyl/N-ethyl adjacent to an activating group) is 5. The van der Waals surface area contributed by atoms with Crippen LogP contribution in [0, 0.1) is 23.7 Å². The highest BCUT2D eigenvalue weighted by Crippen LogP contribution is 2.29. The molecule has 11 atom stereocenters. The monoisotopic (exact) mass is 1810 g/mol. The zero-order chi connectivity index (χ0) is 95.0. The number of aliphatic imine (C=N–C) groups is 1. The van der Waals surface area contributed by atoms with Crippen molar-refractivity contribution in [2.24, 2.45) is 34.4 Å². The highest BCUT2D eigenvalue weighted by Gasteiger charge is 2.42. The molecule has 11 amide bonds. The molecule has 0 spiro atoms.